The number of aromatic nitrogens is 2. The van der Waals surface area contributed by atoms with Crippen LogP contribution < -0.4 is 10.1 Å². The number of nitrogens with zero attached hydrogens (tertiary/aromatic N) is 4. The summed E-state index contributed by atoms with van der Waals surface area (Å²) in [4.78, 5) is 34.7. The number of halogens is 2. The number of nitrogens with one attached hydrogen (secondary N) is 1. The second-order valence-corrected chi connectivity index (χ2v) is 7.08. The first-order valence-corrected chi connectivity index (χ1v) is 9.67. The van der Waals surface area contributed by atoms with Gasteiger partial charge in [0, 0.05) is 24.1 Å². The van der Waals surface area contributed by atoms with E-state index in [1.807, 2.05) is 0 Å². The van der Waals surface area contributed by atoms with Crippen molar-refractivity contribution in [2.24, 2.45) is 4.99 Å². The number of ether oxygens (including phenoxy) is 2. The Kier molecular flexibility index (Phi) is 7.11. The molecule has 0 aliphatic heterocycles. The molecule has 1 N–H and O–H groups in total. The van der Waals surface area contributed by atoms with Crippen LogP contribution in [0.4, 0.5) is 16.2 Å². The second kappa shape index (κ2) is 9.96. The van der Waals surface area contributed by atoms with Crippen LogP contribution in [0.15, 0.2) is 64.3 Å². The topological polar surface area (TPSA) is 129 Å². The highest BCUT2D eigenvalue weighted by Gasteiger charge is 2.19. The van der Waals surface area contributed by atoms with E-state index in [-0.39, 0.29) is 33.9 Å². The molecule has 0 saturated carbocycles. The smallest absolute Gasteiger partial charge is 0.348 e. The third-order valence-electron chi connectivity index (χ3n) is 3.71. The van der Waals surface area contributed by atoms with Gasteiger partial charge < -0.3 is 14.8 Å². The maximum absolute atomic E-state index is 12.3. The lowest BCUT2D eigenvalue weighted by molar-refractivity contribution is -0.385. The Morgan fingerprint density at radius 2 is 1.94 bits per heavy atom. The van der Waals surface area contributed by atoms with Crippen molar-refractivity contribution in [1.82, 2.24) is 9.97 Å². The van der Waals surface area contributed by atoms with Crippen molar-refractivity contribution in [3.63, 3.8) is 0 Å². The molecule has 2 amide bonds. The number of carbonyl (C=O) groups is 1. The molecule has 0 atom stereocenters. The summed E-state index contributed by atoms with van der Waals surface area (Å²) in [5, 5.41) is 13.9. The zero-order valence-electron chi connectivity index (χ0n) is 15.8. The van der Waals surface area contributed by atoms with Crippen LogP contribution in [0.5, 0.6) is 11.8 Å². The lowest BCUT2D eigenvalue weighted by Gasteiger charge is -2.09. The van der Waals surface area contributed by atoms with Crippen molar-refractivity contribution in [2.75, 3.05) is 12.4 Å². The van der Waals surface area contributed by atoms with Crippen LogP contribution in [0.1, 0.15) is 5.56 Å². The third-order valence-corrected chi connectivity index (χ3v) is 4.41. The lowest BCUT2D eigenvalue weighted by atomic mass is 10.2. The predicted octanol–water partition coefficient (Wildman–Crippen LogP) is 5.22. The van der Waals surface area contributed by atoms with Gasteiger partial charge in [-0.15, -0.1) is 0 Å². The first kappa shape index (κ1) is 22.1. The van der Waals surface area contributed by atoms with Crippen LogP contribution in [-0.4, -0.2) is 33.9 Å². The Morgan fingerprint density at radius 1 is 1.23 bits per heavy atom. The Hall–Kier alpha value is -3.57. The molecule has 0 saturated heterocycles. The van der Waals surface area contributed by atoms with Gasteiger partial charge in [0.1, 0.15) is 11.3 Å². The number of rotatable bonds is 5. The largest absolute Gasteiger partial charge is 0.480 e. The second-order valence-electron chi connectivity index (χ2n) is 5.76. The maximum atomic E-state index is 12.3. The van der Waals surface area contributed by atoms with E-state index >= 15 is 0 Å². The molecular formula is C19H13BrClN5O5. The van der Waals surface area contributed by atoms with Gasteiger partial charge in [0.25, 0.3) is 5.69 Å². The molecule has 0 spiro atoms. The number of anilines is 1. The molecule has 0 unspecified atom stereocenters. The van der Waals surface area contributed by atoms with Gasteiger partial charge in [0.2, 0.25) is 5.90 Å². The van der Waals surface area contributed by atoms with E-state index in [0.29, 0.717) is 10.2 Å². The van der Waals surface area contributed by atoms with Crippen LogP contribution in [0.25, 0.3) is 0 Å². The quantitative estimate of drug-likeness (QED) is 0.217. The normalized spacial score (nSPS) is 11.0. The number of methoxy groups -OCH3 is 1. The molecule has 0 fully saturated rings. The van der Waals surface area contributed by atoms with Crippen LogP contribution in [0.2, 0.25) is 5.02 Å². The van der Waals surface area contributed by atoms with Gasteiger partial charge in [-0.05, 0) is 40.2 Å². The van der Waals surface area contributed by atoms with Gasteiger partial charge in [-0.25, -0.2) is 14.8 Å². The summed E-state index contributed by atoms with van der Waals surface area (Å²) in [6.07, 6.45) is 3.04. The number of carbonyl (C=O) groups excluding carboxylic acids is 1. The number of hydrogen-bond acceptors (Lipinski definition) is 7. The summed E-state index contributed by atoms with van der Waals surface area (Å²) >= 11 is 9.43. The lowest BCUT2D eigenvalue weighted by Crippen LogP contribution is -2.14. The number of nitro benzene ring substituents is 1. The zero-order chi connectivity index (χ0) is 22.4. The maximum Gasteiger partial charge on any atom is 0.348 e. The van der Waals surface area contributed by atoms with Crippen LogP contribution in [0.3, 0.4) is 0 Å². The summed E-state index contributed by atoms with van der Waals surface area (Å²) in [5.74, 6) is 0.0752. The molecule has 1 aromatic heterocycles. The minimum absolute atomic E-state index is 0.0708. The number of para-hydroxylation sites is 1. The Bertz CT molecular complexity index is 1160. The molecular weight excluding hydrogens is 494 g/mol. The fraction of sp³-hybridized carbons (Fsp3) is 0.0526. The molecule has 0 radical (unpaired) electrons. The van der Waals surface area contributed by atoms with E-state index in [1.165, 1.54) is 55.9 Å². The Labute approximate surface area is 189 Å². The van der Waals surface area contributed by atoms with E-state index < -0.39 is 11.0 Å². The highest BCUT2D eigenvalue weighted by Crippen LogP contribution is 2.30. The molecule has 10 nitrogen and oxygen atoms in total. The summed E-state index contributed by atoms with van der Waals surface area (Å²) in [7, 11) is 1.26. The van der Waals surface area contributed by atoms with Crippen molar-refractivity contribution in [2.45, 2.75) is 0 Å². The molecule has 2 aromatic carbocycles. The number of nitro groups is 1. The van der Waals surface area contributed by atoms with Crippen molar-refractivity contribution >= 4 is 50.8 Å². The third kappa shape index (κ3) is 5.74. The molecule has 158 valence electrons. The summed E-state index contributed by atoms with van der Waals surface area (Å²) in [6.45, 7) is 0. The van der Waals surface area contributed by atoms with Crippen LogP contribution >= 0.6 is 27.5 Å². The number of benzene rings is 2. The number of amides is 2. The first-order chi connectivity index (χ1) is 14.9. The van der Waals surface area contributed by atoms with Crippen LogP contribution in [0, 0.1) is 10.1 Å². The SMILES string of the molecule is CO/C(=N\C(=O)Nc1ccc(Oc2ncc(Br)cn2)c(Cl)c1)c1ccccc1[N+](=O)[O-]. The van der Waals surface area contributed by atoms with Crippen molar-refractivity contribution in [1.29, 1.82) is 0 Å². The van der Waals surface area contributed by atoms with Gasteiger partial charge >= 0.3 is 12.0 Å². The van der Waals surface area contributed by atoms with Gasteiger partial charge in [-0.1, -0.05) is 23.7 Å². The predicted molar refractivity (Wildman–Crippen MR) is 117 cm³/mol. The summed E-state index contributed by atoms with van der Waals surface area (Å²) < 4.78 is 11.3. The highest BCUT2D eigenvalue weighted by molar-refractivity contribution is 9.10. The number of aliphatic imine (C=N–C) groups is 1. The monoisotopic (exact) mass is 505 g/mol. The average molecular weight is 507 g/mol. The fourth-order valence-corrected chi connectivity index (χ4v) is 2.81. The minimum atomic E-state index is -0.809. The van der Waals surface area contributed by atoms with E-state index in [0.717, 1.165) is 0 Å². The highest BCUT2D eigenvalue weighted by atomic mass is 79.9. The zero-order valence-corrected chi connectivity index (χ0v) is 18.1. The van der Waals surface area contributed by atoms with Crippen molar-refractivity contribution < 1.29 is 19.2 Å². The molecule has 3 rings (SSSR count). The summed E-state index contributed by atoms with van der Waals surface area (Å²) in [5.41, 5.74) is 0.151. The molecule has 0 aliphatic rings. The average Bonchev–Trinajstić information content (AvgIpc) is 2.75. The minimum Gasteiger partial charge on any atom is -0.480 e. The van der Waals surface area contributed by atoms with E-state index in [9.17, 15) is 14.9 Å². The van der Waals surface area contributed by atoms with E-state index in [2.05, 4.69) is 36.2 Å². The Morgan fingerprint density at radius 3 is 2.58 bits per heavy atom. The van der Waals surface area contributed by atoms with Crippen LogP contribution in [-0.2, 0) is 4.74 Å². The summed E-state index contributed by atoms with van der Waals surface area (Å²) in [6, 6.07) is 9.58. The number of hydrogen-bond donors (Lipinski definition) is 1. The molecule has 0 aliphatic carbocycles. The van der Waals surface area contributed by atoms with E-state index in [1.54, 1.807) is 6.07 Å². The fourth-order valence-electron chi connectivity index (χ4n) is 2.39. The van der Waals surface area contributed by atoms with E-state index in [4.69, 9.17) is 21.1 Å². The molecule has 3 aromatic rings. The van der Waals surface area contributed by atoms with Crippen molar-refractivity contribution in [3.05, 3.63) is 80.0 Å². The molecule has 31 heavy (non-hydrogen) atoms. The molecule has 1 heterocycles. The standard InChI is InChI=1S/C19H13BrClN5O5/c1-30-17(13-4-2-3-5-15(13)26(28)29)25-18(27)24-12-6-7-16(14(21)8-12)31-19-22-9-11(20)10-23-19/h2-10H,1H3,(H,24,27)/b25-17-. The Balaban J connectivity index is 1.76. The molecule has 12 heteroatoms. The van der Waals surface area contributed by atoms with Gasteiger partial charge in [-0.3, -0.25) is 10.1 Å². The van der Waals surface area contributed by atoms with Crippen molar-refractivity contribution in [3.8, 4) is 11.8 Å². The molecule has 0 bridgehead atoms. The first-order valence-electron chi connectivity index (χ1n) is 8.50. The van der Waals surface area contributed by atoms with Gasteiger partial charge in [-0.2, -0.15) is 4.99 Å². The van der Waals surface area contributed by atoms with Gasteiger partial charge in [0.05, 0.1) is 21.5 Å². The number of urea groups is 1. The van der Waals surface area contributed by atoms with Gasteiger partial charge in [0.15, 0.2) is 0 Å².